The number of benzene rings is 1. The highest BCUT2D eigenvalue weighted by molar-refractivity contribution is 5.13. The molecule has 1 aromatic rings. The molecule has 15 heavy (non-hydrogen) atoms. The monoisotopic (exact) mass is 206 g/mol. The van der Waals surface area contributed by atoms with E-state index in [2.05, 4.69) is 45.0 Å². The molecule has 0 bridgehead atoms. The van der Waals surface area contributed by atoms with Gasteiger partial charge >= 0.3 is 0 Å². The van der Waals surface area contributed by atoms with Crippen molar-refractivity contribution in [1.82, 2.24) is 0 Å². The Hall–Kier alpha value is -0.820. The Bertz CT molecular complexity index is 255. The van der Waals surface area contributed by atoms with Crippen LogP contribution in [0, 0.1) is 5.92 Å². The number of hydrogen-bond donors (Lipinski definition) is 0. The molecule has 84 valence electrons. The topological polar surface area (TPSA) is 9.23 Å². The second kappa shape index (κ2) is 6.62. The van der Waals surface area contributed by atoms with Gasteiger partial charge in [0.05, 0.1) is 12.7 Å². The second-order valence-corrected chi connectivity index (χ2v) is 4.27. The lowest BCUT2D eigenvalue weighted by Crippen LogP contribution is -2.17. The summed E-state index contributed by atoms with van der Waals surface area (Å²) in [6, 6.07) is 10.4. The molecule has 0 saturated carbocycles. The maximum atomic E-state index is 5.84. The Kier molecular flexibility index (Phi) is 5.41. The molecule has 0 fully saturated rings. The Morgan fingerprint density at radius 1 is 1.13 bits per heavy atom. The zero-order valence-corrected chi connectivity index (χ0v) is 10.1. The maximum absolute atomic E-state index is 5.84. The highest BCUT2D eigenvalue weighted by Gasteiger charge is 2.11. The fourth-order valence-electron chi connectivity index (χ4n) is 1.66. The van der Waals surface area contributed by atoms with Gasteiger partial charge < -0.3 is 4.74 Å². The Balaban J connectivity index is 2.31. The van der Waals surface area contributed by atoms with Crippen molar-refractivity contribution in [3.05, 3.63) is 35.9 Å². The van der Waals surface area contributed by atoms with E-state index in [1.54, 1.807) is 0 Å². The first-order valence-corrected chi connectivity index (χ1v) is 5.89. The predicted octanol–water partition coefficient (Wildman–Crippen LogP) is 4.03. The fourth-order valence-corrected chi connectivity index (χ4v) is 1.66. The van der Waals surface area contributed by atoms with Gasteiger partial charge in [-0.3, -0.25) is 0 Å². The van der Waals surface area contributed by atoms with Crippen LogP contribution in [-0.2, 0) is 11.3 Å². The summed E-state index contributed by atoms with van der Waals surface area (Å²) < 4.78 is 5.84. The van der Waals surface area contributed by atoms with E-state index in [9.17, 15) is 0 Å². The van der Waals surface area contributed by atoms with Crippen LogP contribution in [0.5, 0.6) is 0 Å². The first-order chi connectivity index (χ1) is 7.24. The van der Waals surface area contributed by atoms with Crippen molar-refractivity contribution in [1.29, 1.82) is 0 Å². The fraction of sp³-hybridized carbons (Fsp3) is 0.571. The van der Waals surface area contributed by atoms with E-state index >= 15 is 0 Å². The van der Waals surface area contributed by atoms with E-state index in [-0.39, 0.29) is 0 Å². The van der Waals surface area contributed by atoms with Crippen molar-refractivity contribution in [3.63, 3.8) is 0 Å². The minimum atomic E-state index is 0.352. The van der Waals surface area contributed by atoms with E-state index in [1.165, 1.54) is 18.4 Å². The zero-order chi connectivity index (χ0) is 11.1. The summed E-state index contributed by atoms with van der Waals surface area (Å²) in [5.41, 5.74) is 1.26. The lowest BCUT2D eigenvalue weighted by atomic mass is 10.0. The van der Waals surface area contributed by atoms with Crippen LogP contribution in [-0.4, -0.2) is 6.10 Å². The summed E-state index contributed by atoms with van der Waals surface area (Å²) in [5, 5.41) is 0. The minimum Gasteiger partial charge on any atom is -0.374 e. The van der Waals surface area contributed by atoms with Gasteiger partial charge in [-0.15, -0.1) is 0 Å². The molecular weight excluding hydrogens is 184 g/mol. The molecule has 0 heterocycles. The largest absolute Gasteiger partial charge is 0.374 e. The molecule has 0 spiro atoms. The molecule has 0 amide bonds. The molecular formula is C14H22O. The molecule has 0 unspecified atom stereocenters. The standard InChI is InChI=1S/C14H22O/c1-4-8-12(2)13(3)15-11-14-9-6-5-7-10-14/h5-7,9-10,12-13H,4,8,11H2,1-3H3/t12-,13+/m0/s1. The molecule has 1 heteroatoms. The van der Waals surface area contributed by atoms with Gasteiger partial charge in [-0.05, 0) is 24.8 Å². The summed E-state index contributed by atoms with van der Waals surface area (Å²) in [4.78, 5) is 0. The summed E-state index contributed by atoms with van der Waals surface area (Å²) in [5.74, 6) is 0.652. The number of rotatable bonds is 6. The Morgan fingerprint density at radius 3 is 2.40 bits per heavy atom. The van der Waals surface area contributed by atoms with Crippen LogP contribution in [0.3, 0.4) is 0 Å². The zero-order valence-electron chi connectivity index (χ0n) is 10.1. The van der Waals surface area contributed by atoms with Crippen LogP contribution in [0.1, 0.15) is 39.2 Å². The van der Waals surface area contributed by atoms with Gasteiger partial charge in [0, 0.05) is 0 Å². The SMILES string of the molecule is CCC[C@H](C)[C@@H](C)OCc1ccccc1. The summed E-state index contributed by atoms with van der Waals surface area (Å²) in [6.07, 6.45) is 2.83. The normalized spacial score (nSPS) is 14.9. The van der Waals surface area contributed by atoms with Crippen molar-refractivity contribution >= 4 is 0 Å². The minimum absolute atomic E-state index is 0.352. The first kappa shape index (κ1) is 12.3. The molecule has 0 aliphatic heterocycles. The molecule has 0 aromatic heterocycles. The molecule has 0 radical (unpaired) electrons. The van der Waals surface area contributed by atoms with Gasteiger partial charge in [0.2, 0.25) is 0 Å². The van der Waals surface area contributed by atoms with Gasteiger partial charge in [0.1, 0.15) is 0 Å². The van der Waals surface area contributed by atoms with Crippen molar-refractivity contribution in [2.24, 2.45) is 5.92 Å². The summed E-state index contributed by atoms with van der Waals surface area (Å²) >= 11 is 0. The van der Waals surface area contributed by atoms with Crippen LogP contribution in [0.4, 0.5) is 0 Å². The molecule has 0 aliphatic rings. The van der Waals surface area contributed by atoms with E-state index in [0.29, 0.717) is 12.0 Å². The van der Waals surface area contributed by atoms with E-state index in [0.717, 1.165) is 6.61 Å². The van der Waals surface area contributed by atoms with Crippen molar-refractivity contribution in [3.8, 4) is 0 Å². The molecule has 0 saturated heterocycles. The van der Waals surface area contributed by atoms with Gasteiger partial charge in [0.25, 0.3) is 0 Å². The summed E-state index contributed by atoms with van der Waals surface area (Å²) in [7, 11) is 0. The van der Waals surface area contributed by atoms with E-state index in [4.69, 9.17) is 4.74 Å². The van der Waals surface area contributed by atoms with Gasteiger partial charge in [-0.2, -0.15) is 0 Å². The second-order valence-electron chi connectivity index (χ2n) is 4.27. The lowest BCUT2D eigenvalue weighted by molar-refractivity contribution is 0.0159. The van der Waals surface area contributed by atoms with E-state index in [1.807, 2.05) is 6.07 Å². The number of ether oxygens (including phenoxy) is 1. The van der Waals surface area contributed by atoms with Crippen LogP contribution in [0.25, 0.3) is 0 Å². The maximum Gasteiger partial charge on any atom is 0.0720 e. The molecule has 0 N–H and O–H groups in total. The van der Waals surface area contributed by atoms with Gasteiger partial charge in [0.15, 0.2) is 0 Å². The Labute approximate surface area is 93.5 Å². The predicted molar refractivity (Wildman–Crippen MR) is 64.8 cm³/mol. The average molecular weight is 206 g/mol. The Morgan fingerprint density at radius 2 is 1.80 bits per heavy atom. The van der Waals surface area contributed by atoms with Gasteiger partial charge in [-0.25, -0.2) is 0 Å². The van der Waals surface area contributed by atoms with Crippen LogP contribution in [0.2, 0.25) is 0 Å². The third kappa shape index (κ3) is 4.48. The molecule has 1 nitrogen and oxygen atoms in total. The van der Waals surface area contributed by atoms with Gasteiger partial charge in [-0.1, -0.05) is 50.6 Å². The van der Waals surface area contributed by atoms with E-state index < -0.39 is 0 Å². The van der Waals surface area contributed by atoms with Crippen LogP contribution < -0.4 is 0 Å². The van der Waals surface area contributed by atoms with Crippen LogP contribution >= 0.6 is 0 Å². The smallest absolute Gasteiger partial charge is 0.0720 e. The third-order valence-electron chi connectivity index (χ3n) is 2.90. The first-order valence-electron chi connectivity index (χ1n) is 5.89. The summed E-state index contributed by atoms with van der Waals surface area (Å²) in [6.45, 7) is 7.39. The lowest BCUT2D eigenvalue weighted by Gasteiger charge is -2.19. The number of hydrogen-bond acceptors (Lipinski definition) is 1. The van der Waals surface area contributed by atoms with Crippen LogP contribution in [0.15, 0.2) is 30.3 Å². The van der Waals surface area contributed by atoms with Crippen molar-refractivity contribution < 1.29 is 4.74 Å². The third-order valence-corrected chi connectivity index (χ3v) is 2.90. The quantitative estimate of drug-likeness (QED) is 0.683. The highest BCUT2D eigenvalue weighted by Crippen LogP contribution is 2.15. The van der Waals surface area contributed by atoms with Crippen molar-refractivity contribution in [2.45, 2.75) is 46.3 Å². The average Bonchev–Trinajstić information content (AvgIpc) is 2.27. The molecule has 1 rings (SSSR count). The van der Waals surface area contributed by atoms with Crippen molar-refractivity contribution in [2.75, 3.05) is 0 Å². The molecule has 2 atom stereocenters. The molecule has 0 aliphatic carbocycles. The molecule has 1 aromatic carbocycles. The highest BCUT2D eigenvalue weighted by atomic mass is 16.5.